The van der Waals surface area contributed by atoms with Crippen LogP contribution in [-0.4, -0.2) is 40.8 Å². The van der Waals surface area contributed by atoms with E-state index in [1.165, 1.54) is 16.0 Å². The van der Waals surface area contributed by atoms with Gasteiger partial charge in [0, 0.05) is 26.1 Å². The van der Waals surface area contributed by atoms with E-state index in [-0.39, 0.29) is 15.5 Å². The van der Waals surface area contributed by atoms with Crippen molar-refractivity contribution < 1.29 is 8.42 Å². The van der Waals surface area contributed by atoms with Gasteiger partial charge in [0.15, 0.2) is 4.60 Å². The van der Waals surface area contributed by atoms with E-state index < -0.39 is 10.0 Å². The molecule has 1 aromatic rings. The average Bonchev–Trinajstić information content (AvgIpc) is 2.69. The second-order valence-electron chi connectivity index (χ2n) is 4.12. The minimum absolute atomic E-state index is 0.0513. The quantitative estimate of drug-likeness (QED) is 0.785. The third-order valence-electron chi connectivity index (χ3n) is 2.96. The fourth-order valence-corrected chi connectivity index (χ4v) is 4.45. The molecule has 2 rings (SSSR count). The number of aromatic nitrogens is 3. The molecule has 1 aromatic heterocycles. The molecule has 1 aliphatic rings. The van der Waals surface area contributed by atoms with Gasteiger partial charge in [0.25, 0.3) is 10.0 Å². The lowest BCUT2D eigenvalue weighted by Gasteiger charge is -2.27. The molecule has 0 unspecified atom stereocenters. The standard InChI is InChI=1S/C9H12BrN5O2S/c1-14-9(8(10)12-13-14)18(16,17)15-4-2-7(6-11)3-5-15/h7H,2-5H2,1H3. The molecule has 0 N–H and O–H groups in total. The normalized spacial score (nSPS) is 18.7. The van der Waals surface area contributed by atoms with Crippen LogP contribution in [0.5, 0.6) is 0 Å². The van der Waals surface area contributed by atoms with Gasteiger partial charge in [-0.3, -0.25) is 0 Å². The molecule has 0 saturated carbocycles. The van der Waals surface area contributed by atoms with Crippen LogP contribution >= 0.6 is 15.9 Å². The Kier molecular flexibility index (Phi) is 3.70. The zero-order chi connectivity index (χ0) is 13.3. The fourth-order valence-electron chi connectivity index (χ4n) is 1.94. The number of hydrogen-bond donors (Lipinski definition) is 0. The van der Waals surface area contributed by atoms with Crippen LogP contribution in [0.2, 0.25) is 0 Å². The van der Waals surface area contributed by atoms with Crippen LogP contribution in [0.25, 0.3) is 0 Å². The molecule has 0 radical (unpaired) electrons. The highest BCUT2D eigenvalue weighted by Gasteiger charge is 2.33. The van der Waals surface area contributed by atoms with E-state index in [2.05, 4.69) is 32.3 Å². The van der Waals surface area contributed by atoms with Gasteiger partial charge >= 0.3 is 0 Å². The molecule has 18 heavy (non-hydrogen) atoms. The van der Waals surface area contributed by atoms with E-state index in [4.69, 9.17) is 5.26 Å². The number of hydrogen-bond acceptors (Lipinski definition) is 5. The number of halogens is 1. The number of nitrogens with zero attached hydrogens (tertiary/aromatic N) is 5. The second kappa shape index (κ2) is 4.95. The summed E-state index contributed by atoms with van der Waals surface area (Å²) in [6.45, 7) is 0.719. The number of aryl methyl sites for hydroxylation is 1. The first-order valence-electron chi connectivity index (χ1n) is 5.41. The smallest absolute Gasteiger partial charge is 0.235 e. The van der Waals surface area contributed by atoms with Gasteiger partial charge in [-0.1, -0.05) is 5.21 Å². The van der Waals surface area contributed by atoms with Crippen LogP contribution < -0.4 is 0 Å². The molecule has 98 valence electrons. The molecule has 7 nitrogen and oxygen atoms in total. The van der Waals surface area contributed by atoms with Crippen molar-refractivity contribution in [3.05, 3.63) is 4.60 Å². The van der Waals surface area contributed by atoms with Gasteiger partial charge in [-0.05, 0) is 28.8 Å². The maximum absolute atomic E-state index is 12.4. The SMILES string of the molecule is Cn1nnc(Br)c1S(=O)(=O)N1CCC(C#N)CC1. The summed E-state index contributed by atoms with van der Waals surface area (Å²) in [5, 5.41) is 16.2. The van der Waals surface area contributed by atoms with Crippen molar-refractivity contribution >= 4 is 26.0 Å². The van der Waals surface area contributed by atoms with Crippen LogP contribution in [0.3, 0.4) is 0 Å². The summed E-state index contributed by atoms with van der Waals surface area (Å²) < 4.78 is 27.6. The Morgan fingerprint density at radius 1 is 1.44 bits per heavy atom. The lowest BCUT2D eigenvalue weighted by Crippen LogP contribution is -2.39. The Labute approximate surface area is 114 Å². The molecular formula is C9H12BrN5O2S. The molecular weight excluding hydrogens is 322 g/mol. The Bertz CT molecular complexity index is 563. The third-order valence-corrected chi connectivity index (χ3v) is 5.75. The summed E-state index contributed by atoms with van der Waals surface area (Å²) in [6, 6.07) is 2.17. The molecule has 0 amide bonds. The summed E-state index contributed by atoms with van der Waals surface area (Å²) in [5.74, 6) is -0.0513. The van der Waals surface area contributed by atoms with Crippen molar-refractivity contribution in [3.63, 3.8) is 0 Å². The van der Waals surface area contributed by atoms with Crippen molar-refractivity contribution in [2.75, 3.05) is 13.1 Å². The minimum atomic E-state index is -3.60. The van der Waals surface area contributed by atoms with Gasteiger partial charge in [0.1, 0.15) is 0 Å². The highest BCUT2D eigenvalue weighted by molar-refractivity contribution is 9.10. The maximum atomic E-state index is 12.4. The maximum Gasteiger partial charge on any atom is 0.263 e. The van der Waals surface area contributed by atoms with Crippen LogP contribution in [0.1, 0.15) is 12.8 Å². The molecule has 1 aliphatic heterocycles. The second-order valence-corrected chi connectivity index (χ2v) is 6.72. The zero-order valence-electron chi connectivity index (χ0n) is 9.74. The predicted octanol–water partition coefficient (Wildman–Crippen LogP) is 0.502. The summed E-state index contributed by atoms with van der Waals surface area (Å²) in [7, 11) is -2.06. The molecule has 0 aromatic carbocycles. The van der Waals surface area contributed by atoms with Crippen LogP contribution in [0.4, 0.5) is 0 Å². The van der Waals surface area contributed by atoms with Gasteiger partial charge < -0.3 is 0 Å². The third kappa shape index (κ3) is 2.28. The van der Waals surface area contributed by atoms with Crippen molar-refractivity contribution in [1.29, 1.82) is 5.26 Å². The highest BCUT2D eigenvalue weighted by atomic mass is 79.9. The summed E-state index contributed by atoms with van der Waals surface area (Å²) in [5.41, 5.74) is 0. The monoisotopic (exact) mass is 333 g/mol. The number of piperidine rings is 1. The van der Waals surface area contributed by atoms with Gasteiger partial charge in [-0.2, -0.15) is 9.57 Å². The van der Waals surface area contributed by atoms with Gasteiger partial charge in [-0.15, -0.1) is 5.10 Å². The van der Waals surface area contributed by atoms with E-state index in [0.717, 1.165) is 0 Å². The highest BCUT2D eigenvalue weighted by Crippen LogP contribution is 2.26. The molecule has 0 spiro atoms. The van der Waals surface area contributed by atoms with Crippen molar-refractivity contribution in [2.45, 2.75) is 17.9 Å². The topological polar surface area (TPSA) is 91.9 Å². The summed E-state index contributed by atoms with van der Waals surface area (Å²) in [6.07, 6.45) is 1.14. The summed E-state index contributed by atoms with van der Waals surface area (Å²) >= 11 is 3.09. The molecule has 0 aliphatic carbocycles. The molecule has 2 heterocycles. The number of nitriles is 1. The Morgan fingerprint density at radius 2 is 2.06 bits per heavy atom. The van der Waals surface area contributed by atoms with Gasteiger partial charge in [0.2, 0.25) is 5.03 Å². The predicted molar refractivity (Wildman–Crippen MR) is 65.8 cm³/mol. The Balaban J connectivity index is 2.26. The zero-order valence-corrected chi connectivity index (χ0v) is 12.1. The van der Waals surface area contributed by atoms with Gasteiger partial charge in [0.05, 0.1) is 6.07 Å². The fraction of sp³-hybridized carbons (Fsp3) is 0.667. The Hall–Kier alpha value is -0.980. The van der Waals surface area contributed by atoms with Crippen molar-refractivity contribution in [2.24, 2.45) is 13.0 Å². The number of sulfonamides is 1. The first-order valence-corrected chi connectivity index (χ1v) is 7.65. The lowest BCUT2D eigenvalue weighted by molar-refractivity contribution is 0.307. The van der Waals surface area contributed by atoms with E-state index in [0.29, 0.717) is 25.9 Å². The molecule has 1 saturated heterocycles. The first kappa shape index (κ1) is 13.5. The lowest BCUT2D eigenvalue weighted by atomic mass is 10.0. The van der Waals surface area contributed by atoms with Crippen LogP contribution in [-0.2, 0) is 17.1 Å². The van der Waals surface area contributed by atoms with Crippen LogP contribution in [0, 0.1) is 17.2 Å². The van der Waals surface area contributed by atoms with E-state index in [9.17, 15) is 8.42 Å². The van der Waals surface area contributed by atoms with E-state index >= 15 is 0 Å². The van der Waals surface area contributed by atoms with E-state index in [1.54, 1.807) is 0 Å². The Morgan fingerprint density at radius 3 is 2.50 bits per heavy atom. The van der Waals surface area contributed by atoms with Crippen molar-refractivity contribution in [1.82, 2.24) is 19.3 Å². The molecule has 9 heteroatoms. The van der Waals surface area contributed by atoms with Gasteiger partial charge in [-0.25, -0.2) is 13.1 Å². The van der Waals surface area contributed by atoms with E-state index in [1.807, 2.05) is 0 Å². The average molecular weight is 334 g/mol. The van der Waals surface area contributed by atoms with Crippen LogP contribution in [0.15, 0.2) is 9.63 Å². The van der Waals surface area contributed by atoms with Crippen molar-refractivity contribution in [3.8, 4) is 6.07 Å². The molecule has 0 atom stereocenters. The first-order chi connectivity index (χ1) is 8.46. The largest absolute Gasteiger partial charge is 0.263 e. The number of rotatable bonds is 2. The molecule has 0 bridgehead atoms. The summed E-state index contributed by atoms with van der Waals surface area (Å²) in [4.78, 5) is 0. The molecule has 1 fully saturated rings. The minimum Gasteiger partial charge on any atom is -0.235 e.